The average molecular weight is 414 g/mol. The van der Waals surface area contributed by atoms with E-state index >= 15 is 0 Å². The minimum absolute atomic E-state index is 0.0628. The Labute approximate surface area is 169 Å². The van der Waals surface area contributed by atoms with Gasteiger partial charge in [-0.2, -0.15) is 8.42 Å². The zero-order chi connectivity index (χ0) is 20.8. The number of carbonyl (C=O) groups is 1. The molecule has 0 unspecified atom stereocenters. The Bertz CT molecular complexity index is 688. The fraction of sp³-hybridized carbons (Fsp3) is 0.667. The summed E-state index contributed by atoms with van der Waals surface area (Å²) in [5.41, 5.74) is -0.0628. The predicted octanol–water partition coefficient (Wildman–Crippen LogP) is 4.72. The fourth-order valence-electron chi connectivity index (χ4n) is 3.13. The van der Waals surface area contributed by atoms with Crippen molar-refractivity contribution in [2.24, 2.45) is 0 Å². The molecule has 6 nitrogen and oxygen atoms in total. The summed E-state index contributed by atoms with van der Waals surface area (Å²) in [5.74, 6) is -0.995. The number of benzene rings is 1. The molecule has 1 rings (SSSR count). The lowest BCUT2D eigenvalue weighted by molar-refractivity contribution is 0.0976. The third-order valence-electron chi connectivity index (χ3n) is 4.79. The number of unbranched alkanes of at least 4 members (excludes halogenated alkanes) is 8. The lowest BCUT2D eigenvalue weighted by atomic mass is 10.0. The standard InChI is InChI=1S/C21H35NO5S/c1-2-3-4-5-6-7-10-16-22-17-11-8-9-14-19(23)18-13-12-15-20(21(18)24)28(25,26)27/h12-13,15,22,24H,2-11,14,16-17H2,1H3,(H,25,26,27). The topological polar surface area (TPSA) is 104 Å². The van der Waals surface area contributed by atoms with E-state index in [1.807, 2.05) is 0 Å². The largest absolute Gasteiger partial charge is 0.506 e. The minimum atomic E-state index is -4.55. The molecule has 0 saturated heterocycles. The molecule has 1 aromatic rings. The van der Waals surface area contributed by atoms with E-state index in [-0.39, 0.29) is 17.8 Å². The number of rotatable bonds is 16. The highest BCUT2D eigenvalue weighted by atomic mass is 32.2. The summed E-state index contributed by atoms with van der Waals surface area (Å²) in [4.78, 5) is 11.6. The molecule has 160 valence electrons. The van der Waals surface area contributed by atoms with Crippen molar-refractivity contribution in [2.75, 3.05) is 13.1 Å². The van der Waals surface area contributed by atoms with Gasteiger partial charge in [0, 0.05) is 6.42 Å². The molecule has 0 saturated carbocycles. The van der Waals surface area contributed by atoms with Crippen LogP contribution in [-0.2, 0) is 10.1 Å². The number of para-hydroxylation sites is 1. The van der Waals surface area contributed by atoms with Gasteiger partial charge in [0.05, 0.1) is 5.56 Å². The van der Waals surface area contributed by atoms with Crippen LogP contribution in [0.4, 0.5) is 0 Å². The van der Waals surface area contributed by atoms with Gasteiger partial charge in [0.15, 0.2) is 5.78 Å². The predicted molar refractivity (Wildman–Crippen MR) is 112 cm³/mol. The maximum Gasteiger partial charge on any atom is 0.298 e. The van der Waals surface area contributed by atoms with Gasteiger partial charge in [-0.1, -0.05) is 57.9 Å². The van der Waals surface area contributed by atoms with Crippen LogP contribution in [0.1, 0.15) is 87.9 Å². The molecule has 0 aliphatic heterocycles. The Kier molecular flexibility index (Phi) is 12.0. The smallest absolute Gasteiger partial charge is 0.298 e. The second-order valence-corrected chi connectivity index (χ2v) is 8.62. The van der Waals surface area contributed by atoms with Crippen LogP contribution in [0.25, 0.3) is 0 Å². The number of aromatic hydroxyl groups is 1. The molecule has 28 heavy (non-hydrogen) atoms. The lowest BCUT2D eigenvalue weighted by Gasteiger charge is -2.07. The van der Waals surface area contributed by atoms with E-state index in [1.54, 1.807) is 0 Å². The molecule has 0 heterocycles. The maximum absolute atomic E-state index is 12.2. The molecular formula is C21H35NO5S. The van der Waals surface area contributed by atoms with Crippen molar-refractivity contribution in [2.45, 2.75) is 82.4 Å². The minimum Gasteiger partial charge on any atom is -0.506 e. The van der Waals surface area contributed by atoms with Crippen LogP contribution in [0, 0.1) is 0 Å². The number of ketones is 1. The fourth-order valence-corrected chi connectivity index (χ4v) is 3.74. The summed E-state index contributed by atoms with van der Waals surface area (Å²) in [6, 6.07) is 3.78. The van der Waals surface area contributed by atoms with Crippen molar-refractivity contribution in [3.8, 4) is 5.75 Å². The molecule has 0 aromatic heterocycles. The van der Waals surface area contributed by atoms with Crippen molar-refractivity contribution in [3.05, 3.63) is 23.8 Å². The average Bonchev–Trinajstić information content (AvgIpc) is 2.64. The van der Waals surface area contributed by atoms with Crippen molar-refractivity contribution in [1.29, 1.82) is 0 Å². The van der Waals surface area contributed by atoms with Crippen molar-refractivity contribution >= 4 is 15.9 Å². The molecule has 1 aromatic carbocycles. The van der Waals surface area contributed by atoms with Gasteiger partial charge in [-0.3, -0.25) is 9.35 Å². The van der Waals surface area contributed by atoms with E-state index in [1.165, 1.54) is 57.1 Å². The van der Waals surface area contributed by atoms with Crippen molar-refractivity contribution in [3.63, 3.8) is 0 Å². The molecule has 0 spiro atoms. The zero-order valence-corrected chi connectivity index (χ0v) is 17.8. The van der Waals surface area contributed by atoms with Crippen LogP contribution in [0.3, 0.4) is 0 Å². The molecule has 0 fully saturated rings. The van der Waals surface area contributed by atoms with Gasteiger partial charge in [0.2, 0.25) is 0 Å². The van der Waals surface area contributed by atoms with Gasteiger partial charge in [-0.05, 0) is 44.5 Å². The van der Waals surface area contributed by atoms with E-state index in [4.69, 9.17) is 4.55 Å². The summed E-state index contributed by atoms with van der Waals surface area (Å²) in [6.45, 7) is 4.18. The van der Waals surface area contributed by atoms with E-state index in [2.05, 4.69) is 12.2 Å². The Morgan fingerprint density at radius 3 is 2.11 bits per heavy atom. The first kappa shape index (κ1) is 24.6. The quantitative estimate of drug-likeness (QED) is 0.206. The van der Waals surface area contributed by atoms with Crippen molar-refractivity contribution < 1.29 is 22.9 Å². The number of Topliss-reactive ketones (excluding diaryl/α,β-unsaturated/α-hetero) is 1. The highest BCUT2D eigenvalue weighted by Gasteiger charge is 2.20. The molecule has 0 atom stereocenters. The number of carbonyl (C=O) groups excluding carboxylic acids is 1. The zero-order valence-electron chi connectivity index (χ0n) is 17.0. The lowest BCUT2D eigenvalue weighted by Crippen LogP contribution is -2.16. The third-order valence-corrected chi connectivity index (χ3v) is 5.68. The van der Waals surface area contributed by atoms with Crippen LogP contribution in [0.15, 0.2) is 23.1 Å². The molecule has 0 amide bonds. The summed E-state index contributed by atoms with van der Waals surface area (Å²) < 4.78 is 31.5. The third kappa shape index (κ3) is 9.66. The van der Waals surface area contributed by atoms with Crippen molar-refractivity contribution in [1.82, 2.24) is 5.32 Å². The second-order valence-electron chi connectivity index (χ2n) is 7.23. The van der Waals surface area contributed by atoms with Gasteiger partial charge < -0.3 is 10.4 Å². The van der Waals surface area contributed by atoms with Crippen LogP contribution in [0.5, 0.6) is 5.75 Å². The van der Waals surface area contributed by atoms with Crippen LogP contribution in [-0.4, -0.2) is 36.9 Å². The highest BCUT2D eigenvalue weighted by molar-refractivity contribution is 7.86. The van der Waals surface area contributed by atoms with Gasteiger partial charge in [-0.25, -0.2) is 0 Å². The van der Waals surface area contributed by atoms with Gasteiger partial charge in [0.25, 0.3) is 10.1 Å². The summed E-state index contributed by atoms with van der Waals surface area (Å²) in [7, 11) is -4.55. The Hall–Kier alpha value is -1.44. The first-order chi connectivity index (χ1) is 13.4. The first-order valence-electron chi connectivity index (χ1n) is 10.4. The molecule has 0 radical (unpaired) electrons. The van der Waals surface area contributed by atoms with Gasteiger partial charge in [0.1, 0.15) is 10.6 Å². The second kappa shape index (κ2) is 13.7. The molecule has 0 bridgehead atoms. The number of hydrogen-bond acceptors (Lipinski definition) is 5. The Morgan fingerprint density at radius 1 is 0.929 bits per heavy atom. The van der Waals surface area contributed by atoms with E-state index < -0.39 is 20.8 Å². The van der Waals surface area contributed by atoms with Crippen LogP contribution in [0.2, 0.25) is 0 Å². The van der Waals surface area contributed by atoms with E-state index in [0.29, 0.717) is 6.42 Å². The maximum atomic E-state index is 12.2. The first-order valence-corrected chi connectivity index (χ1v) is 11.8. The molecule has 3 N–H and O–H groups in total. The monoisotopic (exact) mass is 413 g/mol. The number of phenolic OH excluding ortho intramolecular Hbond substituents is 1. The van der Waals surface area contributed by atoms with Crippen LogP contribution >= 0.6 is 0 Å². The normalized spacial score (nSPS) is 11.6. The molecule has 7 heteroatoms. The molecule has 0 aliphatic carbocycles. The number of hydrogen-bond donors (Lipinski definition) is 3. The SMILES string of the molecule is CCCCCCCCCNCCCCCC(=O)c1cccc(S(=O)(=O)O)c1O. The number of nitrogens with one attached hydrogen (secondary N) is 1. The molecule has 0 aliphatic rings. The van der Waals surface area contributed by atoms with Crippen LogP contribution < -0.4 is 5.32 Å². The Morgan fingerprint density at radius 2 is 1.50 bits per heavy atom. The number of phenols is 1. The molecular weight excluding hydrogens is 378 g/mol. The van der Waals surface area contributed by atoms with E-state index in [0.717, 1.165) is 32.0 Å². The van der Waals surface area contributed by atoms with E-state index in [9.17, 15) is 18.3 Å². The highest BCUT2D eigenvalue weighted by Crippen LogP contribution is 2.27. The van der Waals surface area contributed by atoms with Gasteiger partial charge in [-0.15, -0.1) is 0 Å². The summed E-state index contributed by atoms with van der Waals surface area (Å²) in [6.07, 6.45) is 11.9. The Balaban J connectivity index is 2.13. The van der Waals surface area contributed by atoms with Gasteiger partial charge >= 0.3 is 0 Å². The summed E-state index contributed by atoms with van der Waals surface area (Å²) >= 11 is 0. The summed E-state index contributed by atoms with van der Waals surface area (Å²) in [5, 5.41) is 13.3.